The zero-order valence-electron chi connectivity index (χ0n) is 67.3. The van der Waals surface area contributed by atoms with Crippen molar-refractivity contribution >= 4 is 111 Å². The summed E-state index contributed by atoms with van der Waals surface area (Å²) in [5.74, 6) is -0.360. The van der Waals surface area contributed by atoms with Crippen molar-refractivity contribution in [1.29, 1.82) is 0 Å². The van der Waals surface area contributed by atoms with Crippen LogP contribution < -0.4 is 19.6 Å². The molecule has 0 aliphatic heterocycles. The molecule has 23 rings (SSSR count). The molecule has 2 atom stereocenters. The predicted molar refractivity (Wildman–Crippen MR) is 511 cm³/mol. The number of nitrogens with zero attached hydrogens (tertiary/aromatic N) is 4. The summed E-state index contributed by atoms with van der Waals surface area (Å²) < 4.78 is 37.4. The van der Waals surface area contributed by atoms with E-state index in [1.54, 1.807) is 12.1 Å². The Labute approximate surface area is 714 Å². The normalized spacial score (nSPS) is 14.7. The third-order valence-electron chi connectivity index (χ3n) is 25.8. The fourth-order valence-corrected chi connectivity index (χ4v) is 20.5. The number of allylic oxidation sites excluding steroid dienone is 5. The summed E-state index contributed by atoms with van der Waals surface area (Å²) in [6, 6.07) is 148. The maximum Gasteiger partial charge on any atom is 0.148 e. The smallest absolute Gasteiger partial charge is 0.148 e. The molecule has 19 aromatic carbocycles. The number of halogens is 2. The summed E-state index contributed by atoms with van der Waals surface area (Å²) >= 11 is 0. The van der Waals surface area contributed by atoms with Crippen molar-refractivity contribution in [2.75, 3.05) is 19.6 Å². The minimum absolute atomic E-state index is 0.360. The Morgan fingerprint density at radius 1 is 0.301 bits per heavy atom. The zero-order chi connectivity index (χ0) is 81.6. The van der Waals surface area contributed by atoms with E-state index in [1.807, 2.05) is 72.8 Å². The van der Waals surface area contributed by atoms with Gasteiger partial charge >= 0.3 is 0 Å². The number of para-hydroxylation sites is 4. The van der Waals surface area contributed by atoms with Crippen LogP contribution in [0.15, 0.2) is 455 Å². The molecule has 0 radical (unpaired) electrons. The van der Waals surface area contributed by atoms with Crippen LogP contribution in [0.1, 0.15) is 46.2 Å². The Hall–Kier alpha value is -15.5. The quantitative estimate of drug-likeness (QED) is 0.0843. The standard InChI is InChI=1S/C117H80F2N4/c118-107-73-85(77-33-9-1-10-34-77)71-101(78-35-11-2-12-36-78)115(107)122(90-48-21-7-22-49-90)109-67-61-80-60-65-100-110(68-62-81-59-64-99(109)112(80)113(81)100)123(91-50-23-8-24-51-91)116-102(79-37-13-3-14-38-79)72-86(74-108(116)119)83-40-31-39-82(69-83)84-41-32-52-92(70-84)121(89-46-19-6-20-47-89)111-76-106-114(97-56-26-25-55-96(97)111)98-66-63-93(120(87-42-15-4-16-43-87)88-44-17-5-18-45-88)75-105(98)117(106)103-57-29-27-53-94(103)95-54-28-30-58-104(95)117/h1-7,9-23,25-76,107,115H,8,24H2. The lowest BCUT2D eigenvalue weighted by molar-refractivity contribution is 0.373. The van der Waals surface area contributed by atoms with Crippen molar-refractivity contribution in [2.24, 2.45) is 0 Å². The highest BCUT2D eigenvalue weighted by molar-refractivity contribution is 6.28. The number of hydrogen-bond acceptors (Lipinski definition) is 4. The van der Waals surface area contributed by atoms with Crippen LogP contribution in [0.4, 0.5) is 65.7 Å². The van der Waals surface area contributed by atoms with Crippen molar-refractivity contribution < 1.29 is 8.78 Å². The lowest BCUT2D eigenvalue weighted by atomic mass is 9.70. The monoisotopic (exact) mass is 1580 g/mol. The highest BCUT2D eigenvalue weighted by Crippen LogP contribution is 2.66. The molecule has 4 aliphatic rings. The second kappa shape index (κ2) is 30.1. The number of rotatable bonds is 17. The molecule has 0 aromatic heterocycles. The van der Waals surface area contributed by atoms with E-state index in [4.69, 9.17) is 0 Å². The molecule has 0 saturated heterocycles. The van der Waals surface area contributed by atoms with E-state index in [9.17, 15) is 0 Å². The Morgan fingerprint density at radius 3 is 1.42 bits per heavy atom. The van der Waals surface area contributed by atoms with Gasteiger partial charge in [0.15, 0.2) is 0 Å². The number of alkyl halides is 1. The molecule has 4 nitrogen and oxygen atoms in total. The molecule has 0 N–H and O–H groups in total. The van der Waals surface area contributed by atoms with Crippen molar-refractivity contribution in [1.82, 2.24) is 0 Å². The van der Waals surface area contributed by atoms with Crippen LogP contribution in [0.5, 0.6) is 0 Å². The maximum atomic E-state index is 19.2. The second-order valence-electron chi connectivity index (χ2n) is 32.5. The molecule has 582 valence electrons. The molecule has 0 fully saturated rings. The fraction of sp³-hybridized carbons (Fsp3) is 0.0427. The second-order valence-corrected chi connectivity index (χ2v) is 32.5. The SMILES string of the molecule is Fc1cc(-c2cccc(-c3cccc(N(c4ccccc4)c4cc5c(c6ccccc46)-c4ccc(N(c6ccccc6)c6ccccc6)cc4C54c5ccccc5-c5ccccc54)c3)c2)cc(-c2ccccc2)c1N(C1=CCCC=C1)c1ccc2ccc3c(N(c4ccccc4)C4C(c5ccccc5)=CC(c5ccccc5)=CC4F)ccc4ccc1c2c43. The molecular weight excluding hydrogens is 1500 g/mol. The van der Waals surface area contributed by atoms with Gasteiger partial charge in [-0.1, -0.05) is 322 Å². The molecule has 0 amide bonds. The van der Waals surface area contributed by atoms with Crippen LogP contribution in [0.25, 0.3) is 110 Å². The van der Waals surface area contributed by atoms with Crippen LogP contribution in [0.2, 0.25) is 0 Å². The maximum absolute atomic E-state index is 19.2. The van der Waals surface area contributed by atoms with Crippen molar-refractivity contribution in [3.05, 3.63) is 494 Å². The Balaban J connectivity index is 0.654. The van der Waals surface area contributed by atoms with E-state index < -0.39 is 17.6 Å². The summed E-state index contributed by atoms with van der Waals surface area (Å²) in [7, 11) is 0. The summed E-state index contributed by atoms with van der Waals surface area (Å²) in [5, 5.41) is 8.44. The average molecular weight is 1580 g/mol. The molecular formula is C117H80F2N4. The topological polar surface area (TPSA) is 13.0 Å². The largest absolute Gasteiger partial charge is 0.330 e. The van der Waals surface area contributed by atoms with Gasteiger partial charge in [-0.25, -0.2) is 8.78 Å². The van der Waals surface area contributed by atoms with Gasteiger partial charge in [-0.3, -0.25) is 0 Å². The first-order chi connectivity index (χ1) is 60.9. The van der Waals surface area contributed by atoms with E-state index in [0.717, 1.165) is 163 Å². The molecule has 2 unspecified atom stereocenters. The molecule has 0 heterocycles. The van der Waals surface area contributed by atoms with E-state index in [2.05, 4.69) is 384 Å². The average Bonchev–Trinajstić information content (AvgIpc) is 1.50. The predicted octanol–water partition coefficient (Wildman–Crippen LogP) is 31.6. The first kappa shape index (κ1) is 72.7. The van der Waals surface area contributed by atoms with E-state index in [-0.39, 0.29) is 5.82 Å². The van der Waals surface area contributed by atoms with Crippen molar-refractivity contribution in [3.8, 4) is 55.6 Å². The van der Waals surface area contributed by atoms with Crippen LogP contribution in [0.3, 0.4) is 0 Å². The van der Waals surface area contributed by atoms with Gasteiger partial charge in [0.25, 0.3) is 0 Å². The molecule has 0 bridgehead atoms. The number of fused-ring (bicyclic) bond motifs is 12. The third-order valence-corrected chi connectivity index (χ3v) is 25.8. The van der Waals surface area contributed by atoms with Crippen LogP contribution in [0, 0.1) is 5.82 Å². The van der Waals surface area contributed by atoms with Crippen LogP contribution in [-0.2, 0) is 5.41 Å². The van der Waals surface area contributed by atoms with Gasteiger partial charge in [-0.15, -0.1) is 0 Å². The molecule has 6 heteroatoms. The van der Waals surface area contributed by atoms with Gasteiger partial charge in [-0.05, 0) is 262 Å². The number of benzene rings is 19. The summed E-state index contributed by atoms with van der Waals surface area (Å²) in [6.45, 7) is 0. The van der Waals surface area contributed by atoms with Crippen molar-refractivity contribution in [2.45, 2.75) is 30.5 Å². The molecule has 1 spiro atoms. The van der Waals surface area contributed by atoms with Gasteiger partial charge in [0.1, 0.15) is 12.0 Å². The lowest BCUT2D eigenvalue weighted by Gasteiger charge is -2.39. The Morgan fingerprint density at radius 2 is 0.797 bits per heavy atom. The molecule has 4 aliphatic carbocycles. The van der Waals surface area contributed by atoms with Gasteiger partial charge in [0.2, 0.25) is 0 Å². The minimum Gasteiger partial charge on any atom is -0.330 e. The van der Waals surface area contributed by atoms with Crippen LogP contribution in [-0.4, -0.2) is 12.2 Å². The highest BCUT2D eigenvalue weighted by Gasteiger charge is 2.53. The zero-order valence-corrected chi connectivity index (χ0v) is 67.3. The van der Waals surface area contributed by atoms with Gasteiger partial charge < -0.3 is 19.6 Å². The van der Waals surface area contributed by atoms with E-state index >= 15 is 8.78 Å². The summed E-state index contributed by atoms with van der Waals surface area (Å²) in [6.07, 6.45) is 10.8. The van der Waals surface area contributed by atoms with Gasteiger partial charge in [0.05, 0.1) is 28.5 Å². The molecule has 0 saturated carbocycles. The van der Waals surface area contributed by atoms with E-state index in [0.29, 0.717) is 5.69 Å². The lowest BCUT2D eigenvalue weighted by Crippen LogP contribution is -2.40. The fourth-order valence-electron chi connectivity index (χ4n) is 20.5. The summed E-state index contributed by atoms with van der Waals surface area (Å²) in [5.41, 5.74) is 28.4. The Bertz CT molecular complexity index is 7390. The minimum atomic E-state index is -1.40. The molecule has 123 heavy (non-hydrogen) atoms. The first-order valence-electron chi connectivity index (χ1n) is 42.5. The van der Waals surface area contributed by atoms with Gasteiger partial charge in [-0.2, -0.15) is 0 Å². The Kier molecular flexibility index (Phi) is 17.8. The number of anilines is 10. The number of hydrogen-bond donors (Lipinski definition) is 0. The summed E-state index contributed by atoms with van der Waals surface area (Å²) in [4.78, 5) is 9.23. The molecule has 19 aromatic rings. The van der Waals surface area contributed by atoms with E-state index in [1.165, 1.54) is 49.9 Å². The van der Waals surface area contributed by atoms with Gasteiger partial charge in [0, 0.05) is 67.2 Å². The highest BCUT2D eigenvalue weighted by atomic mass is 19.1. The van der Waals surface area contributed by atoms with Crippen molar-refractivity contribution in [3.63, 3.8) is 0 Å². The first-order valence-corrected chi connectivity index (χ1v) is 42.5. The van der Waals surface area contributed by atoms with Crippen LogP contribution >= 0.6 is 0 Å². The third kappa shape index (κ3) is 12.1.